The van der Waals surface area contributed by atoms with E-state index in [2.05, 4.69) is 5.16 Å². The van der Waals surface area contributed by atoms with E-state index in [0.29, 0.717) is 17.8 Å². The van der Waals surface area contributed by atoms with Gasteiger partial charge in [-0.3, -0.25) is 4.31 Å². The number of halogens is 1. The fraction of sp³-hybridized carbons (Fsp3) is 0.438. The Morgan fingerprint density at radius 2 is 2.08 bits per heavy atom. The second-order valence-electron chi connectivity index (χ2n) is 6.36. The highest BCUT2D eigenvalue weighted by Crippen LogP contribution is 2.45. The first-order valence-electron chi connectivity index (χ1n) is 7.89. The molecule has 1 saturated carbocycles. The lowest BCUT2D eigenvalue weighted by Crippen LogP contribution is -2.41. The molecule has 24 heavy (non-hydrogen) atoms. The molecule has 4 rings (SSSR count). The van der Waals surface area contributed by atoms with Crippen molar-refractivity contribution in [1.82, 2.24) is 5.16 Å². The number of para-hydroxylation sites is 1. The van der Waals surface area contributed by atoms with Crippen molar-refractivity contribution in [2.45, 2.75) is 30.3 Å². The maximum absolute atomic E-state index is 13.1. The van der Waals surface area contributed by atoms with Gasteiger partial charge in [0.2, 0.25) is 0 Å². The molecular formula is C16H17ClN2O4S. The lowest BCUT2D eigenvalue weighted by molar-refractivity contribution is 0.227. The molecule has 0 radical (unpaired) electrons. The van der Waals surface area contributed by atoms with Crippen molar-refractivity contribution in [2.24, 2.45) is 5.92 Å². The molecule has 0 bridgehead atoms. The zero-order valence-electron chi connectivity index (χ0n) is 12.9. The van der Waals surface area contributed by atoms with Crippen LogP contribution >= 0.6 is 11.6 Å². The van der Waals surface area contributed by atoms with E-state index in [1.54, 1.807) is 12.1 Å². The number of aromatic nitrogens is 1. The summed E-state index contributed by atoms with van der Waals surface area (Å²) in [6.45, 7) is 0.101. The maximum atomic E-state index is 13.1. The molecule has 1 aliphatic carbocycles. The Morgan fingerprint density at radius 3 is 2.79 bits per heavy atom. The second kappa shape index (κ2) is 5.75. The topological polar surface area (TPSA) is 83.6 Å². The Kier molecular flexibility index (Phi) is 3.82. The summed E-state index contributed by atoms with van der Waals surface area (Å²) in [6.07, 6.45) is 2.53. The normalized spacial score (nSPS) is 20.9. The standard InChI is InChI=1S/C16H17ClN2O4S/c17-14-15(11-5-6-11)18-23-16(14)24(21,22)19-8-10(9-20)7-12-3-1-2-4-13(12)19/h1-4,10-11,20H,5-9H2. The Labute approximate surface area is 145 Å². The number of hydrogen-bond acceptors (Lipinski definition) is 5. The third-order valence-corrected chi connectivity index (χ3v) is 6.72. The van der Waals surface area contributed by atoms with Gasteiger partial charge in [-0.15, -0.1) is 0 Å². The Balaban J connectivity index is 1.79. The van der Waals surface area contributed by atoms with E-state index < -0.39 is 10.0 Å². The first-order chi connectivity index (χ1) is 11.5. The third-order valence-electron chi connectivity index (χ3n) is 4.57. The fourth-order valence-corrected chi connectivity index (χ4v) is 5.15. The molecule has 2 aromatic rings. The molecule has 0 spiro atoms. The molecule has 1 aromatic heterocycles. The summed E-state index contributed by atoms with van der Waals surface area (Å²) in [4.78, 5) is 0. The van der Waals surface area contributed by atoms with Gasteiger partial charge in [-0.2, -0.15) is 8.42 Å². The van der Waals surface area contributed by atoms with E-state index in [4.69, 9.17) is 16.1 Å². The van der Waals surface area contributed by atoms with Gasteiger partial charge in [0.05, 0.1) is 5.69 Å². The molecule has 1 aliphatic heterocycles. The van der Waals surface area contributed by atoms with Crippen molar-refractivity contribution in [3.8, 4) is 0 Å². The number of aliphatic hydroxyl groups excluding tert-OH is 1. The highest BCUT2D eigenvalue weighted by molar-refractivity contribution is 7.92. The smallest absolute Gasteiger partial charge is 0.302 e. The van der Waals surface area contributed by atoms with E-state index in [1.165, 1.54) is 4.31 Å². The minimum atomic E-state index is -3.97. The molecule has 6 nitrogen and oxygen atoms in total. The summed E-state index contributed by atoms with van der Waals surface area (Å²) in [5, 5.41) is 13.2. The number of sulfonamides is 1. The van der Waals surface area contributed by atoms with Gasteiger partial charge in [-0.1, -0.05) is 35.0 Å². The number of rotatable bonds is 4. The van der Waals surface area contributed by atoms with Crippen molar-refractivity contribution in [3.05, 3.63) is 40.5 Å². The minimum absolute atomic E-state index is 0.0844. The van der Waals surface area contributed by atoms with Crippen LogP contribution in [-0.2, 0) is 16.4 Å². The number of nitrogens with zero attached hydrogens (tertiary/aromatic N) is 2. The molecule has 0 amide bonds. The summed E-state index contributed by atoms with van der Waals surface area (Å²) in [6, 6.07) is 7.28. The zero-order valence-corrected chi connectivity index (χ0v) is 14.4. The number of fused-ring (bicyclic) bond motifs is 1. The van der Waals surface area contributed by atoms with E-state index in [9.17, 15) is 13.5 Å². The summed E-state index contributed by atoms with van der Waals surface area (Å²) < 4.78 is 32.6. The lowest BCUT2D eigenvalue weighted by Gasteiger charge is -2.33. The number of hydrogen-bond donors (Lipinski definition) is 1. The third kappa shape index (κ3) is 2.51. The molecular weight excluding hydrogens is 352 g/mol. The largest absolute Gasteiger partial charge is 0.396 e. The average Bonchev–Trinajstić information content (AvgIpc) is 3.35. The molecule has 1 fully saturated rings. The van der Waals surface area contributed by atoms with Crippen LogP contribution in [0.2, 0.25) is 5.02 Å². The number of aliphatic hydroxyl groups is 1. The van der Waals surface area contributed by atoms with E-state index in [1.807, 2.05) is 12.1 Å². The highest BCUT2D eigenvalue weighted by atomic mass is 35.5. The molecule has 1 atom stereocenters. The van der Waals surface area contributed by atoms with Crippen LogP contribution in [0.5, 0.6) is 0 Å². The first-order valence-corrected chi connectivity index (χ1v) is 9.70. The molecule has 2 aliphatic rings. The Hall–Kier alpha value is -1.57. The summed E-state index contributed by atoms with van der Waals surface area (Å²) in [5.74, 6) is 0.0308. The highest BCUT2D eigenvalue weighted by Gasteiger charge is 2.40. The van der Waals surface area contributed by atoms with Crippen molar-refractivity contribution < 1.29 is 18.0 Å². The summed E-state index contributed by atoms with van der Waals surface area (Å²) in [7, 11) is -3.97. The van der Waals surface area contributed by atoms with Gasteiger partial charge in [0.1, 0.15) is 10.7 Å². The van der Waals surface area contributed by atoms with Gasteiger partial charge in [0.15, 0.2) is 0 Å². The predicted molar refractivity (Wildman–Crippen MR) is 88.7 cm³/mol. The molecule has 128 valence electrons. The minimum Gasteiger partial charge on any atom is -0.396 e. The van der Waals surface area contributed by atoms with Gasteiger partial charge < -0.3 is 9.63 Å². The van der Waals surface area contributed by atoms with E-state index in [0.717, 1.165) is 18.4 Å². The van der Waals surface area contributed by atoms with Gasteiger partial charge in [-0.25, -0.2) is 0 Å². The molecule has 1 aromatic carbocycles. The molecule has 1 N–H and O–H groups in total. The van der Waals surface area contributed by atoms with Crippen LogP contribution in [0.25, 0.3) is 0 Å². The molecule has 0 saturated heterocycles. The van der Waals surface area contributed by atoms with Gasteiger partial charge >= 0.3 is 10.0 Å². The summed E-state index contributed by atoms with van der Waals surface area (Å²) in [5.41, 5.74) is 2.01. The van der Waals surface area contributed by atoms with Crippen LogP contribution in [0.1, 0.15) is 30.0 Å². The monoisotopic (exact) mass is 368 g/mol. The zero-order chi connectivity index (χ0) is 16.9. The van der Waals surface area contributed by atoms with Crippen LogP contribution in [-0.4, -0.2) is 31.8 Å². The van der Waals surface area contributed by atoms with E-state index in [-0.39, 0.29) is 35.1 Å². The van der Waals surface area contributed by atoms with Gasteiger partial charge in [0.25, 0.3) is 5.09 Å². The first kappa shape index (κ1) is 15.9. The quantitative estimate of drug-likeness (QED) is 0.896. The molecule has 8 heteroatoms. The second-order valence-corrected chi connectivity index (χ2v) is 8.50. The Bertz CT molecular complexity index is 876. The van der Waals surface area contributed by atoms with Crippen LogP contribution in [0.15, 0.2) is 33.9 Å². The molecule has 1 unspecified atom stereocenters. The van der Waals surface area contributed by atoms with Crippen LogP contribution in [0, 0.1) is 5.92 Å². The van der Waals surface area contributed by atoms with Crippen molar-refractivity contribution in [3.63, 3.8) is 0 Å². The maximum Gasteiger partial charge on any atom is 0.302 e. The lowest BCUT2D eigenvalue weighted by atomic mass is 9.95. The fourth-order valence-electron chi connectivity index (χ4n) is 3.13. The average molecular weight is 369 g/mol. The number of benzene rings is 1. The van der Waals surface area contributed by atoms with Crippen LogP contribution < -0.4 is 4.31 Å². The summed E-state index contributed by atoms with van der Waals surface area (Å²) >= 11 is 6.25. The van der Waals surface area contributed by atoms with Gasteiger partial charge in [-0.05, 0) is 30.9 Å². The van der Waals surface area contributed by atoms with Crippen molar-refractivity contribution >= 4 is 27.3 Å². The van der Waals surface area contributed by atoms with Crippen molar-refractivity contribution in [2.75, 3.05) is 17.5 Å². The van der Waals surface area contributed by atoms with Crippen LogP contribution in [0.4, 0.5) is 5.69 Å². The predicted octanol–water partition coefficient (Wildman–Crippen LogP) is 2.57. The van der Waals surface area contributed by atoms with Crippen LogP contribution in [0.3, 0.4) is 0 Å². The van der Waals surface area contributed by atoms with Crippen molar-refractivity contribution in [1.29, 1.82) is 0 Å². The molecule has 2 heterocycles. The Morgan fingerprint density at radius 1 is 1.33 bits per heavy atom. The SMILES string of the molecule is O=S(=O)(c1onc(C2CC2)c1Cl)N1CC(CO)Cc2ccccc21. The number of anilines is 1. The van der Waals surface area contributed by atoms with E-state index >= 15 is 0 Å². The van der Waals surface area contributed by atoms with Gasteiger partial charge in [0, 0.05) is 25.0 Å².